The normalized spacial score (nSPS) is 11.0. The van der Waals surface area contributed by atoms with Crippen LogP contribution in [0.15, 0.2) is 61.1 Å². The van der Waals surface area contributed by atoms with Crippen LogP contribution in [0.2, 0.25) is 5.02 Å². The first-order valence-corrected chi connectivity index (χ1v) is 10.8. The number of ketones is 1. The van der Waals surface area contributed by atoms with Crippen molar-refractivity contribution in [3.05, 3.63) is 71.6 Å². The Kier molecular flexibility index (Phi) is 7.19. The van der Waals surface area contributed by atoms with Gasteiger partial charge in [0, 0.05) is 24.0 Å². The second kappa shape index (κ2) is 10.4. The van der Waals surface area contributed by atoms with Gasteiger partial charge in [0.25, 0.3) is 0 Å². The lowest BCUT2D eigenvalue weighted by Gasteiger charge is -2.13. The van der Waals surface area contributed by atoms with Crippen LogP contribution in [-0.4, -0.2) is 45.2 Å². The maximum absolute atomic E-state index is 11.6. The molecule has 0 fully saturated rings. The molecule has 2 aromatic carbocycles. The van der Waals surface area contributed by atoms with E-state index in [9.17, 15) is 4.79 Å². The van der Waals surface area contributed by atoms with E-state index in [1.54, 1.807) is 36.4 Å². The predicted octanol–water partition coefficient (Wildman–Crippen LogP) is 4.83. The Hall–Kier alpha value is -3.46. The van der Waals surface area contributed by atoms with Crippen LogP contribution in [0.5, 0.6) is 11.5 Å². The number of ether oxygens (including phenoxy) is 2. The van der Waals surface area contributed by atoms with Crippen molar-refractivity contribution >= 4 is 39.9 Å². The van der Waals surface area contributed by atoms with E-state index in [1.165, 1.54) is 13.3 Å². The maximum Gasteiger partial charge on any atom is 0.159 e. The van der Waals surface area contributed by atoms with Gasteiger partial charge in [-0.1, -0.05) is 23.7 Å². The van der Waals surface area contributed by atoms with Crippen LogP contribution >= 0.6 is 11.6 Å². The summed E-state index contributed by atoms with van der Waals surface area (Å²) in [4.78, 5) is 20.3. The van der Waals surface area contributed by atoms with Gasteiger partial charge in [0.15, 0.2) is 11.6 Å². The number of benzene rings is 2. The molecular weight excluding hydrogens is 444 g/mol. The van der Waals surface area contributed by atoms with Crippen molar-refractivity contribution in [3.8, 4) is 11.5 Å². The van der Waals surface area contributed by atoms with E-state index in [2.05, 4.69) is 15.3 Å². The highest BCUT2D eigenvalue weighted by Crippen LogP contribution is 2.33. The van der Waals surface area contributed by atoms with Crippen LogP contribution in [0.1, 0.15) is 17.3 Å². The van der Waals surface area contributed by atoms with E-state index in [0.717, 1.165) is 16.7 Å². The molecular formula is C24H23ClN4O4. The second-order valence-electron chi connectivity index (χ2n) is 7.26. The molecule has 2 heterocycles. The minimum atomic E-state index is -0.0352. The van der Waals surface area contributed by atoms with Crippen LogP contribution in [0.3, 0.4) is 0 Å². The van der Waals surface area contributed by atoms with E-state index >= 15 is 0 Å². The second-order valence-corrected chi connectivity index (χ2v) is 7.66. The van der Waals surface area contributed by atoms with Gasteiger partial charge < -0.3 is 24.5 Å². The molecule has 170 valence electrons. The van der Waals surface area contributed by atoms with Crippen molar-refractivity contribution in [2.75, 3.05) is 25.1 Å². The first-order chi connectivity index (χ1) is 16.0. The fourth-order valence-corrected chi connectivity index (χ4v) is 3.56. The van der Waals surface area contributed by atoms with E-state index in [1.807, 2.05) is 22.9 Å². The first kappa shape index (κ1) is 22.7. The summed E-state index contributed by atoms with van der Waals surface area (Å²) < 4.78 is 13.2. The van der Waals surface area contributed by atoms with Crippen LogP contribution < -0.4 is 10.1 Å². The van der Waals surface area contributed by atoms with Crippen LogP contribution in [-0.2, 0) is 11.3 Å². The Bertz CT molecular complexity index is 1270. The highest BCUT2D eigenvalue weighted by atomic mass is 35.5. The molecule has 4 aromatic rings. The summed E-state index contributed by atoms with van der Waals surface area (Å²) in [5.41, 5.74) is 2.93. The molecule has 0 saturated heterocycles. The predicted molar refractivity (Wildman–Crippen MR) is 127 cm³/mol. The molecule has 0 unspecified atom stereocenters. The third kappa shape index (κ3) is 5.48. The van der Waals surface area contributed by atoms with Gasteiger partial charge in [-0.25, -0.2) is 9.97 Å². The smallest absolute Gasteiger partial charge is 0.159 e. The summed E-state index contributed by atoms with van der Waals surface area (Å²) in [6.45, 7) is 2.85. The Labute approximate surface area is 195 Å². The molecule has 4 rings (SSSR count). The molecule has 0 aliphatic carbocycles. The molecule has 0 bridgehead atoms. The van der Waals surface area contributed by atoms with E-state index < -0.39 is 0 Å². The van der Waals surface area contributed by atoms with Gasteiger partial charge in [-0.2, -0.15) is 0 Å². The average Bonchev–Trinajstić information content (AvgIpc) is 3.23. The lowest BCUT2D eigenvalue weighted by Crippen LogP contribution is -2.09. The molecule has 0 spiro atoms. The largest absolute Gasteiger partial charge is 0.456 e. The fraction of sp³-hybridized carbons (Fsp3) is 0.208. The van der Waals surface area contributed by atoms with E-state index in [4.69, 9.17) is 26.2 Å². The molecule has 8 nitrogen and oxygen atoms in total. The van der Waals surface area contributed by atoms with Gasteiger partial charge in [-0.3, -0.25) is 4.79 Å². The number of Topliss-reactive ketones (excluding diaryl/α,β-unsaturated/α-hetero) is 1. The molecule has 0 atom stereocenters. The third-order valence-corrected chi connectivity index (χ3v) is 5.22. The lowest BCUT2D eigenvalue weighted by molar-refractivity contribution is 0.0875. The van der Waals surface area contributed by atoms with Gasteiger partial charge in [0.1, 0.15) is 23.3 Å². The minimum Gasteiger partial charge on any atom is -0.456 e. The number of anilines is 2. The van der Waals surface area contributed by atoms with E-state index in [0.29, 0.717) is 47.7 Å². The summed E-state index contributed by atoms with van der Waals surface area (Å²) in [6.07, 6.45) is 3.42. The number of nitrogens with one attached hydrogen (secondary N) is 1. The number of aliphatic hydroxyl groups excluding tert-OH is 1. The zero-order chi connectivity index (χ0) is 23.2. The van der Waals surface area contributed by atoms with Crippen LogP contribution in [0.25, 0.3) is 11.0 Å². The van der Waals surface area contributed by atoms with Crippen LogP contribution in [0, 0.1) is 0 Å². The van der Waals surface area contributed by atoms with Crippen molar-refractivity contribution < 1.29 is 19.4 Å². The van der Waals surface area contributed by atoms with Crippen molar-refractivity contribution in [1.29, 1.82) is 0 Å². The first-order valence-electron chi connectivity index (χ1n) is 10.4. The Morgan fingerprint density at radius 3 is 2.82 bits per heavy atom. The number of rotatable bonds is 10. The molecule has 2 N–H and O–H groups in total. The number of fused-ring (bicyclic) bond motifs is 1. The number of hydrogen-bond donors (Lipinski definition) is 2. The highest BCUT2D eigenvalue weighted by Gasteiger charge is 2.12. The zero-order valence-electron chi connectivity index (χ0n) is 18.0. The summed E-state index contributed by atoms with van der Waals surface area (Å²) in [5, 5.41) is 12.6. The molecule has 2 aromatic heterocycles. The summed E-state index contributed by atoms with van der Waals surface area (Å²) in [7, 11) is 0. The summed E-state index contributed by atoms with van der Waals surface area (Å²) >= 11 is 6.47. The third-order valence-electron chi connectivity index (χ3n) is 4.93. The van der Waals surface area contributed by atoms with E-state index in [-0.39, 0.29) is 12.4 Å². The molecule has 9 heteroatoms. The highest BCUT2D eigenvalue weighted by molar-refractivity contribution is 6.32. The van der Waals surface area contributed by atoms with Gasteiger partial charge in [-0.05, 0) is 43.3 Å². The summed E-state index contributed by atoms with van der Waals surface area (Å²) in [5.74, 6) is 1.60. The SMILES string of the molecule is CC(=O)c1cccc(Oc2ccc(Nc3ncnc4ccn(CCOCCO)c34)cc2Cl)c1. The van der Waals surface area contributed by atoms with Crippen LogP contribution in [0.4, 0.5) is 11.5 Å². The topological polar surface area (TPSA) is 98.5 Å². The fourth-order valence-electron chi connectivity index (χ4n) is 3.34. The number of carbonyl (C=O) groups excluding carboxylic acids is 1. The lowest BCUT2D eigenvalue weighted by atomic mass is 10.1. The zero-order valence-corrected chi connectivity index (χ0v) is 18.7. The number of hydrogen-bond acceptors (Lipinski definition) is 7. The minimum absolute atomic E-state index is 0.00895. The number of nitrogens with zero attached hydrogens (tertiary/aromatic N) is 3. The van der Waals surface area contributed by atoms with Gasteiger partial charge in [0.05, 0.1) is 30.4 Å². The van der Waals surface area contributed by atoms with Crippen molar-refractivity contribution in [1.82, 2.24) is 14.5 Å². The molecule has 0 amide bonds. The number of carbonyl (C=O) groups is 1. The number of aromatic nitrogens is 3. The van der Waals surface area contributed by atoms with Crippen molar-refractivity contribution in [2.24, 2.45) is 0 Å². The van der Waals surface area contributed by atoms with Gasteiger partial charge in [-0.15, -0.1) is 0 Å². The molecule has 33 heavy (non-hydrogen) atoms. The number of aliphatic hydroxyl groups is 1. The maximum atomic E-state index is 11.6. The Balaban J connectivity index is 1.53. The van der Waals surface area contributed by atoms with Gasteiger partial charge in [0.2, 0.25) is 0 Å². The standard InChI is InChI=1S/C24H23ClN4O4/c1-16(31)17-3-2-4-19(13-17)33-22-6-5-18(14-20(22)25)28-24-23-21(26-15-27-24)7-8-29(23)9-11-32-12-10-30/h2-8,13-15,30H,9-12H2,1H3,(H,26,27,28). The monoisotopic (exact) mass is 466 g/mol. The van der Waals surface area contributed by atoms with Crippen molar-refractivity contribution in [3.63, 3.8) is 0 Å². The molecule has 0 aliphatic heterocycles. The molecule has 0 radical (unpaired) electrons. The molecule has 0 saturated carbocycles. The van der Waals surface area contributed by atoms with Crippen molar-refractivity contribution in [2.45, 2.75) is 13.5 Å². The Morgan fingerprint density at radius 1 is 1.15 bits per heavy atom. The quantitative estimate of drug-likeness (QED) is 0.255. The molecule has 0 aliphatic rings. The van der Waals surface area contributed by atoms with Gasteiger partial charge >= 0.3 is 0 Å². The summed E-state index contributed by atoms with van der Waals surface area (Å²) in [6, 6.07) is 14.2. The average molecular weight is 467 g/mol. The Morgan fingerprint density at radius 2 is 2.03 bits per heavy atom. The number of halogens is 1.